The Morgan fingerprint density at radius 2 is 1.80 bits per heavy atom. The van der Waals surface area contributed by atoms with Crippen LogP contribution in [0, 0.1) is 0 Å². The monoisotopic (exact) mass is 266 g/mol. The number of rotatable bonds is 1. The van der Waals surface area contributed by atoms with E-state index in [4.69, 9.17) is 4.74 Å². The normalized spacial score (nSPS) is 18.6. The van der Waals surface area contributed by atoms with E-state index in [2.05, 4.69) is 15.9 Å². The summed E-state index contributed by atoms with van der Waals surface area (Å²) in [5, 5.41) is 0. The van der Waals surface area contributed by atoms with E-state index >= 15 is 0 Å². The molecule has 0 aromatic heterocycles. The van der Waals surface area contributed by atoms with Crippen molar-refractivity contribution < 1.29 is 9.53 Å². The highest BCUT2D eigenvalue weighted by molar-refractivity contribution is 9.10. The van der Waals surface area contributed by atoms with Crippen LogP contribution in [0.2, 0.25) is 0 Å². The second-order valence-electron chi connectivity index (χ2n) is 4.06. The third kappa shape index (κ3) is 2.12. The molecule has 0 unspecified atom stereocenters. The Balaban J connectivity index is 2.40. The minimum absolute atomic E-state index is 0.248. The lowest BCUT2D eigenvalue weighted by Gasteiger charge is -2.12. The van der Waals surface area contributed by atoms with Gasteiger partial charge in [-0.2, -0.15) is 0 Å². The third-order valence-corrected chi connectivity index (χ3v) is 2.75. The topological polar surface area (TPSA) is 26.3 Å². The summed E-state index contributed by atoms with van der Waals surface area (Å²) in [6.45, 7) is 3.74. The van der Waals surface area contributed by atoms with Gasteiger partial charge in [0, 0.05) is 4.47 Å². The Kier molecular flexibility index (Phi) is 2.43. The van der Waals surface area contributed by atoms with Crippen molar-refractivity contribution in [2.75, 3.05) is 0 Å². The van der Waals surface area contributed by atoms with Gasteiger partial charge in [0.05, 0.1) is 5.57 Å². The van der Waals surface area contributed by atoms with E-state index in [1.807, 2.05) is 44.2 Å². The maximum atomic E-state index is 11.6. The van der Waals surface area contributed by atoms with Crippen LogP contribution in [0.3, 0.4) is 0 Å². The summed E-state index contributed by atoms with van der Waals surface area (Å²) in [5.74, 6) is -0.248. The molecule has 1 aromatic rings. The van der Waals surface area contributed by atoms with Crippen molar-refractivity contribution in [2.45, 2.75) is 19.4 Å². The minimum Gasteiger partial charge on any atom is -0.452 e. The van der Waals surface area contributed by atoms with E-state index in [9.17, 15) is 4.79 Å². The highest BCUT2D eigenvalue weighted by Gasteiger charge is 2.32. The molecule has 0 bridgehead atoms. The zero-order chi connectivity index (χ0) is 11.1. The predicted molar refractivity (Wildman–Crippen MR) is 62.3 cm³/mol. The van der Waals surface area contributed by atoms with Crippen LogP contribution in [0.4, 0.5) is 0 Å². The fourth-order valence-electron chi connectivity index (χ4n) is 1.56. The summed E-state index contributed by atoms with van der Waals surface area (Å²) < 4.78 is 6.20. The van der Waals surface area contributed by atoms with Crippen molar-refractivity contribution in [3.05, 3.63) is 40.4 Å². The molecule has 2 nitrogen and oxygen atoms in total. The number of halogens is 1. The summed E-state index contributed by atoms with van der Waals surface area (Å²) in [7, 11) is 0. The SMILES string of the molecule is CC1(C)C=C(c2ccc(Br)cc2)C(=O)O1. The van der Waals surface area contributed by atoms with Crippen molar-refractivity contribution >= 4 is 27.5 Å². The van der Waals surface area contributed by atoms with Crippen LogP contribution in [-0.4, -0.2) is 11.6 Å². The maximum absolute atomic E-state index is 11.6. The highest BCUT2D eigenvalue weighted by atomic mass is 79.9. The number of carbonyl (C=O) groups excluding carboxylic acids is 1. The Hall–Kier alpha value is -1.09. The molecule has 1 aliphatic heterocycles. The molecule has 1 heterocycles. The van der Waals surface area contributed by atoms with Gasteiger partial charge in [-0.15, -0.1) is 0 Å². The van der Waals surface area contributed by atoms with Crippen molar-refractivity contribution in [1.82, 2.24) is 0 Å². The number of cyclic esters (lactones) is 1. The molecular weight excluding hydrogens is 256 g/mol. The molecule has 15 heavy (non-hydrogen) atoms. The summed E-state index contributed by atoms with van der Waals surface area (Å²) >= 11 is 3.36. The first kappa shape index (κ1) is 10.4. The van der Waals surface area contributed by atoms with Crippen molar-refractivity contribution in [1.29, 1.82) is 0 Å². The van der Waals surface area contributed by atoms with Crippen LogP contribution < -0.4 is 0 Å². The average Bonchev–Trinajstić information content (AvgIpc) is 2.41. The first-order valence-electron chi connectivity index (χ1n) is 4.70. The number of esters is 1. The lowest BCUT2D eigenvalue weighted by Crippen LogP contribution is -2.17. The van der Waals surface area contributed by atoms with Crippen molar-refractivity contribution in [2.24, 2.45) is 0 Å². The zero-order valence-electron chi connectivity index (χ0n) is 8.58. The lowest BCUT2D eigenvalue weighted by atomic mass is 10.0. The van der Waals surface area contributed by atoms with Gasteiger partial charge in [-0.25, -0.2) is 4.79 Å². The molecule has 0 radical (unpaired) electrons. The summed E-state index contributed by atoms with van der Waals surface area (Å²) in [6, 6.07) is 7.63. The van der Waals surface area contributed by atoms with Gasteiger partial charge in [-0.3, -0.25) is 0 Å². The van der Waals surface area contributed by atoms with E-state index in [0.29, 0.717) is 5.57 Å². The van der Waals surface area contributed by atoms with Crippen LogP contribution >= 0.6 is 15.9 Å². The number of carbonyl (C=O) groups is 1. The molecule has 0 N–H and O–H groups in total. The van der Waals surface area contributed by atoms with Crippen molar-refractivity contribution in [3.8, 4) is 0 Å². The average molecular weight is 267 g/mol. The molecule has 0 spiro atoms. The van der Waals surface area contributed by atoms with E-state index in [-0.39, 0.29) is 5.97 Å². The number of benzene rings is 1. The molecular formula is C12H11BrO2. The van der Waals surface area contributed by atoms with Gasteiger partial charge < -0.3 is 4.74 Å². The Bertz CT molecular complexity index is 429. The molecule has 2 rings (SSSR count). The van der Waals surface area contributed by atoms with Crippen LogP contribution in [0.1, 0.15) is 19.4 Å². The quantitative estimate of drug-likeness (QED) is 0.730. The van der Waals surface area contributed by atoms with E-state index in [0.717, 1.165) is 10.0 Å². The molecule has 0 saturated carbocycles. The largest absolute Gasteiger partial charge is 0.452 e. The third-order valence-electron chi connectivity index (χ3n) is 2.22. The summed E-state index contributed by atoms with van der Waals surface area (Å²) in [4.78, 5) is 11.6. The smallest absolute Gasteiger partial charge is 0.339 e. The molecule has 1 aliphatic rings. The van der Waals surface area contributed by atoms with Crippen LogP contribution in [0.15, 0.2) is 34.8 Å². The van der Waals surface area contributed by atoms with Gasteiger partial charge in [-0.1, -0.05) is 28.1 Å². The Morgan fingerprint density at radius 3 is 2.27 bits per heavy atom. The van der Waals surface area contributed by atoms with Gasteiger partial charge in [0.15, 0.2) is 0 Å². The Labute approximate surface area is 97.1 Å². The minimum atomic E-state index is -0.487. The van der Waals surface area contributed by atoms with Gasteiger partial charge in [0.1, 0.15) is 5.60 Å². The number of ether oxygens (including phenoxy) is 1. The molecule has 0 atom stereocenters. The Morgan fingerprint density at radius 1 is 1.20 bits per heavy atom. The highest BCUT2D eigenvalue weighted by Crippen LogP contribution is 2.30. The first-order valence-corrected chi connectivity index (χ1v) is 5.49. The van der Waals surface area contributed by atoms with E-state index in [1.165, 1.54) is 0 Å². The van der Waals surface area contributed by atoms with Crippen molar-refractivity contribution in [3.63, 3.8) is 0 Å². The van der Waals surface area contributed by atoms with E-state index < -0.39 is 5.60 Å². The van der Waals surface area contributed by atoms with Crippen LogP contribution in [-0.2, 0) is 9.53 Å². The number of hydrogen-bond donors (Lipinski definition) is 0. The predicted octanol–water partition coefficient (Wildman–Crippen LogP) is 3.17. The van der Waals surface area contributed by atoms with Gasteiger partial charge >= 0.3 is 5.97 Å². The van der Waals surface area contributed by atoms with Crippen LogP contribution in [0.5, 0.6) is 0 Å². The first-order chi connectivity index (χ1) is 6.98. The molecule has 0 saturated heterocycles. The lowest BCUT2D eigenvalue weighted by molar-refractivity contribution is -0.142. The van der Waals surface area contributed by atoms with E-state index in [1.54, 1.807) is 0 Å². The second-order valence-corrected chi connectivity index (χ2v) is 4.97. The molecule has 0 aliphatic carbocycles. The standard InChI is InChI=1S/C12H11BrO2/c1-12(2)7-10(11(14)15-12)8-3-5-9(13)6-4-8/h3-7H,1-2H3. The fourth-order valence-corrected chi connectivity index (χ4v) is 1.82. The molecule has 0 amide bonds. The van der Waals surface area contributed by atoms with Crippen LogP contribution in [0.25, 0.3) is 5.57 Å². The van der Waals surface area contributed by atoms with Gasteiger partial charge in [0.2, 0.25) is 0 Å². The summed E-state index contributed by atoms with van der Waals surface area (Å²) in [6.07, 6.45) is 1.86. The molecule has 3 heteroatoms. The maximum Gasteiger partial charge on any atom is 0.339 e. The second kappa shape index (κ2) is 3.49. The molecule has 0 fully saturated rings. The summed E-state index contributed by atoms with van der Waals surface area (Å²) in [5.41, 5.74) is 1.06. The zero-order valence-corrected chi connectivity index (χ0v) is 10.2. The molecule has 78 valence electrons. The number of hydrogen-bond acceptors (Lipinski definition) is 2. The fraction of sp³-hybridized carbons (Fsp3) is 0.250. The van der Waals surface area contributed by atoms with Gasteiger partial charge in [0.25, 0.3) is 0 Å². The molecule has 1 aromatic carbocycles. The van der Waals surface area contributed by atoms with Gasteiger partial charge in [-0.05, 0) is 37.6 Å².